The molecule has 4 aliphatic rings. The Morgan fingerprint density at radius 3 is 2.86 bits per heavy atom. The summed E-state index contributed by atoms with van der Waals surface area (Å²) in [5.74, 6) is 0.0540. The van der Waals surface area contributed by atoms with E-state index in [0.29, 0.717) is 31.8 Å². The number of aliphatic hydroxyl groups is 2. The van der Waals surface area contributed by atoms with Crippen molar-refractivity contribution < 1.29 is 34.0 Å². The molecule has 0 spiro atoms. The van der Waals surface area contributed by atoms with Gasteiger partial charge in [-0.3, -0.25) is 0 Å². The summed E-state index contributed by atoms with van der Waals surface area (Å²) in [7, 11) is 0. The zero-order valence-corrected chi connectivity index (χ0v) is 21.4. The fraction of sp³-hybridized carbons (Fsp3) is 0.690. The summed E-state index contributed by atoms with van der Waals surface area (Å²) < 4.78 is 23.3. The van der Waals surface area contributed by atoms with Crippen LogP contribution in [0.25, 0.3) is 0 Å². The Kier molecular flexibility index (Phi) is 9.96. The number of fused-ring (bicyclic) bond motifs is 3. The van der Waals surface area contributed by atoms with Crippen molar-refractivity contribution in [1.29, 1.82) is 0 Å². The van der Waals surface area contributed by atoms with Crippen LogP contribution in [0.3, 0.4) is 0 Å². The predicted octanol–water partition coefficient (Wildman–Crippen LogP) is 3.94. The number of ether oxygens (including phenoxy) is 4. The van der Waals surface area contributed by atoms with E-state index in [1.807, 2.05) is 12.2 Å². The van der Waals surface area contributed by atoms with Crippen molar-refractivity contribution in [3.63, 3.8) is 0 Å². The van der Waals surface area contributed by atoms with Gasteiger partial charge in [0.05, 0.1) is 30.5 Å². The fourth-order valence-corrected chi connectivity index (χ4v) is 5.30. The van der Waals surface area contributed by atoms with Gasteiger partial charge in [-0.2, -0.15) is 0 Å². The second-order valence-electron chi connectivity index (χ2n) is 10.8. The van der Waals surface area contributed by atoms with Gasteiger partial charge in [0, 0.05) is 19.1 Å². The molecule has 2 N–H and O–H groups in total. The maximum atomic E-state index is 12.6. The number of hydrogen-bond donors (Lipinski definition) is 2. The van der Waals surface area contributed by atoms with Crippen molar-refractivity contribution in [2.45, 2.75) is 114 Å². The summed E-state index contributed by atoms with van der Waals surface area (Å²) in [6.45, 7) is 7.04. The Hall–Kier alpha value is -1.77. The molecule has 0 aromatic rings. The third-order valence-electron chi connectivity index (χ3n) is 7.51. The van der Waals surface area contributed by atoms with E-state index < -0.39 is 24.3 Å². The first kappa shape index (κ1) is 27.3. The Balaban J connectivity index is 1.42. The number of epoxide rings is 1. The number of carbonyl (C=O) groups is 1. The smallest absolute Gasteiger partial charge is 0.330 e. The summed E-state index contributed by atoms with van der Waals surface area (Å²) in [6, 6.07) is 0. The first-order valence-electron chi connectivity index (χ1n) is 13.5. The molecule has 36 heavy (non-hydrogen) atoms. The van der Waals surface area contributed by atoms with Gasteiger partial charge in [0.15, 0.2) is 0 Å². The van der Waals surface area contributed by atoms with Gasteiger partial charge >= 0.3 is 5.97 Å². The van der Waals surface area contributed by atoms with Gasteiger partial charge in [-0.05, 0) is 57.3 Å². The van der Waals surface area contributed by atoms with Crippen LogP contribution in [0.1, 0.15) is 64.7 Å². The van der Waals surface area contributed by atoms with Gasteiger partial charge in [-0.25, -0.2) is 4.79 Å². The molecule has 0 aromatic carbocycles. The molecule has 4 rings (SSSR count). The summed E-state index contributed by atoms with van der Waals surface area (Å²) in [6.07, 6.45) is 14.7. The molecule has 4 heterocycles. The molecule has 0 amide bonds. The molecule has 200 valence electrons. The third-order valence-corrected chi connectivity index (χ3v) is 7.51. The lowest BCUT2D eigenvalue weighted by atomic mass is 9.96. The lowest BCUT2D eigenvalue weighted by Gasteiger charge is -2.26. The highest BCUT2D eigenvalue weighted by Crippen LogP contribution is 2.34. The number of cyclic esters (lactones) is 1. The summed E-state index contributed by atoms with van der Waals surface area (Å²) in [4.78, 5) is 12.6. The normalized spacial score (nSPS) is 40.5. The van der Waals surface area contributed by atoms with Crippen molar-refractivity contribution in [2.24, 2.45) is 5.92 Å². The molecule has 0 aliphatic carbocycles. The van der Waals surface area contributed by atoms with Gasteiger partial charge < -0.3 is 29.2 Å². The van der Waals surface area contributed by atoms with Gasteiger partial charge in [0.1, 0.15) is 18.3 Å². The van der Waals surface area contributed by atoms with Gasteiger partial charge in [0.2, 0.25) is 0 Å². The van der Waals surface area contributed by atoms with E-state index in [-0.39, 0.29) is 30.5 Å². The van der Waals surface area contributed by atoms with Crippen LogP contribution in [-0.2, 0) is 23.7 Å². The van der Waals surface area contributed by atoms with E-state index in [1.165, 1.54) is 6.08 Å². The van der Waals surface area contributed by atoms with Crippen molar-refractivity contribution in [2.75, 3.05) is 6.61 Å². The molecule has 0 saturated carbocycles. The lowest BCUT2D eigenvalue weighted by molar-refractivity contribution is -0.148. The summed E-state index contributed by atoms with van der Waals surface area (Å²) in [5, 5.41) is 21.6. The molecule has 2 saturated heterocycles. The lowest BCUT2D eigenvalue weighted by Crippen LogP contribution is -2.32. The topological polar surface area (TPSA) is 97.8 Å². The molecule has 9 atom stereocenters. The summed E-state index contributed by atoms with van der Waals surface area (Å²) in [5.41, 5.74) is 0.997. The van der Waals surface area contributed by atoms with E-state index in [9.17, 15) is 15.0 Å². The van der Waals surface area contributed by atoms with Crippen LogP contribution in [0.2, 0.25) is 0 Å². The Bertz CT molecular complexity index is 833. The van der Waals surface area contributed by atoms with Crippen molar-refractivity contribution in [3.8, 4) is 0 Å². The molecule has 4 aliphatic heterocycles. The van der Waals surface area contributed by atoms with E-state index in [0.717, 1.165) is 44.1 Å². The third kappa shape index (κ3) is 8.38. The minimum Gasteiger partial charge on any atom is -0.456 e. The first-order chi connectivity index (χ1) is 17.4. The maximum Gasteiger partial charge on any atom is 0.330 e. The number of aliphatic hydroxyl groups excluding tert-OH is 2. The van der Waals surface area contributed by atoms with Crippen LogP contribution in [-0.4, -0.2) is 71.6 Å². The Labute approximate surface area is 214 Å². The predicted molar refractivity (Wildman–Crippen MR) is 136 cm³/mol. The molecule has 2 bridgehead atoms. The van der Waals surface area contributed by atoms with E-state index in [1.54, 1.807) is 12.2 Å². The molecular formula is C29H42O7. The second-order valence-corrected chi connectivity index (χ2v) is 10.8. The maximum absolute atomic E-state index is 12.6. The molecule has 7 nitrogen and oxygen atoms in total. The highest BCUT2D eigenvalue weighted by molar-refractivity contribution is 5.82. The quantitative estimate of drug-likeness (QED) is 0.343. The van der Waals surface area contributed by atoms with Gasteiger partial charge in [0.25, 0.3) is 0 Å². The van der Waals surface area contributed by atoms with Gasteiger partial charge in [-0.1, -0.05) is 49.5 Å². The van der Waals surface area contributed by atoms with Gasteiger partial charge in [-0.15, -0.1) is 0 Å². The Morgan fingerprint density at radius 1 is 1.17 bits per heavy atom. The van der Waals surface area contributed by atoms with Crippen LogP contribution in [0.15, 0.2) is 48.6 Å². The van der Waals surface area contributed by atoms with Crippen molar-refractivity contribution in [3.05, 3.63) is 48.6 Å². The molecular weight excluding hydrogens is 460 g/mol. The van der Waals surface area contributed by atoms with Crippen molar-refractivity contribution in [1.82, 2.24) is 0 Å². The summed E-state index contributed by atoms with van der Waals surface area (Å²) >= 11 is 0. The standard InChI is InChI=1S/C29H42O7/c1-19-6-3-7-21-8-4-9-22(34-21)10-5-11-28(32)35-26(18-27-29(36-27)25(31)17-19)24(30)13-12-23-16-20(2)14-15-33-23/h4-5,9,11-13,20-27,29-31H,1,3,6-8,10,14-18H2,2H3/b11-5-,13-12+/t20?,21-,22+,23?,24+,25+,26+,27+,29+/m1/s1. The molecule has 7 heteroatoms. The number of carbonyl (C=O) groups excluding carboxylic acids is 1. The van der Waals surface area contributed by atoms with Crippen LogP contribution >= 0.6 is 0 Å². The average Bonchev–Trinajstić information content (AvgIpc) is 3.61. The van der Waals surface area contributed by atoms with E-state index in [4.69, 9.17) is 18.9 Å². The second kappa shape index (κ2) is 13.2. The van der Waals surface area contributed by atoms with Crippen molar-refractivity contribution >= 4 is 5.97 Å². The minimum atomic E-state index is -1.00. The SMILES string of the molecule is C=C1CCC[C@@H]2CC=C[C@@H](C/C=C\C(=O)O[C@H]([C@@H](O)/C=C/C3CC(C)CCO3)C[C@@H]3O[C@H]3[C@@H](O)C1)O2. The zero-order valence-electron chi connectivity index (χ0n) is 21.4. The molecule has 2 fully saturated rings. The van der Waals surface area contributed by atoms with E-state index in [2.05, 4.69) is 19.6 Å². The van der Waals surface area contributed by atoms with E-state index >= 15 is 0 Å². The van der Waals surface area contributed by atoms with Crippen LogP contribution in [0, 0.1) is 5.92 Å². The fourth-order valence-electron chi connectivity index (χ4n) is 5.30. The first-order valence-corrected chi connectivity index (χ1v) is 13.5. The van der Waals surface area contributed by atoms with Crippen LogP contribution < -0.4 is 0 Å². The van der Waals surface area contributed by atoms with Crippen LogP contribution in [0.4, 0.5) is 0 Å². The minimum absolute atomic E-state index is 0.0525. The molecule has 0 radical (unpaired) electrons. The highest BCUT2D eigenvalue weighted by Gasteiger charge is 2.46. The zero-order chi connectivity index (χ0) is 25.5. The largest absolute Gasteiger partial charge is 0.456 e. The number of hydrogen-bond acceptors (Lipinski definition) is 7. The molecule has 0 aromatic heterocycles. The average molecular weight is 503 g/mol. The highest BCUT2D eigenvalue weighted by atomic mass is 16.6. The monoisotopic (exact) mass is 502 g/mol. The number of rotatable bonds is 3. The van der Waals surface area contributed by atoms with Crippen LogP contribution in [0.5, 0.6) is 0 Å². The molecule has 2 unspecified atom stereocenters. The Morgan fingerprint density at radius 2 is 2.03 bits per heavy atom. The number of esters is 1.